The van der Waals surface area contributed by atoms with Gasteiger partial charge in [-0.1, -0.05) is 12.1 Å². The Balaban J connectivity index is 2.19. The molecule has 0 saturated heterocycles. The lowest BCUT2D eigenvalue weighted by atomic mass is 10.1. The molecule has 0 saturated carbocycles. The topological polar surface area (TPSA) is 71.2 Å². The van der Waals surface area contributed by atoms with Crippen LogP contribution in [0.4, 0.5) is 10.5 Å². The van der Waals surface area contributed by atoms with Gasteiger partial charge >= 0.3 is 6.09 Å². The average Bonchev–Trinajstić information content (AvgIpc) is 2.36. The summed E-state index contributed by atoms with van der Waals surface area (Å²) in [5.74, 6) is 0. The number of hydrogen-bond donors (Lipinski definition) is 2. The minimum atomic E-state index is -0.547. The van der Waals surface area contributed by atoms with Crippen molar-refractivity contribution >= 4 is 11.8 Å². The van der Waals surface area contributed by atoms with Gasteiger partial charge in [-0.05, 0) is 50.1 Å². The van der Waals surface area contributed by atoms with Crippen LogP contribution in [0.3, 0.4) is 0 Å². The van der Waals surface area contributed by atoms with Gasteiger partial charge < -0.3 is 9.72 Å². The van der Waals surface area contributed by atoms with Gasteiger partial charge in [-0.2, -0.15) is 0 Å². The van der Waals surface area contributed by atoms with Crippen molar-refractivity contribution in [3.05, 3.63) is 52.9 Å². The maximum atomic E-state index is 11.7. The smallest absolute Gasteiger partial charge is 0.412 e. The highest BCUT2D eigenvalue weighted by Gasteiger charge is 2.16. The van der Waals surface area contributed by atoms with Gasteiger partial charge in [0.2, 0.25) is 5.56 Å². The molecule has 0 bridgehead atoms. The number of benzene rings is 1. The van der Waals surface area contributed by atoms with Crippen molar-refractivity contribution in [3.8, 4) is 11.1 Å². The summed E-state index contributed by atoms with van der Waals surface area (Å²) in [7, 11) is 0. The molecule has 0 fully saturated rings. The predicted molar refractivity (Wildman–Crippen MR) is 82.4 cm³/mol. The third kappa shape index (κ3) is 4.49. The first kappa shape index (κ1) is 14.8. The summed E-state index contributed by atoms with van der Waals surface area (Å²) < 4.78 is 5.20. The second kappa shape index (κ2) is 5.83. The number of amides is 1. The maximum Gasteiger partial charge on any atom is 0.412 e. The molecule has 0 spiro atoms. The van der Waals surface area contributed by atoms with Gasteiger partial charge in [-0.3, -0.25) is 10.1 Å². The first-order valence-corrected chi connectivity index (χ1v) is 6.63. The highest BCUT2D eigenvalue weighted by molar-refractivity contribution is 5.86. The van der Waals surface area contributed by atoms with Crippen molar-refractivity contribution in [2.45, 2.75) is 26.4 Å². The highest BCUT2D eigenvalue weighted by atomic mass is 16.6. The molecule has 0 aliphatic rings. The number of carbonyl (C=O) groups excluding carboxylic acids is 1. The zero-order valence-corrected chi connectivity index (χ0v) is 12.3. The van der Waals surface area contributed by atoms with Crippen LogP contribution < -0.4 is 10.9 Å². The van der Waals surface area contributed by atoms with E-state index in [0.29, 0.717) is 5.69 Å². The van der Waals surface area contributed by atoms with Crippen LogP contribution in [0.1, 0.15) is 20.8 Å². The number of anilines is 1. The second-order valence-electron chi connectivity index (χ2n) is 5.65. The molecule has 0 aliphatic heterocycles. The third-order valence-electron chi connectivity index (χ3n) is 2.62. The van der Waals surface area contributed by atoms with Crippen LogP contribution in [-0.4, -0.2) is 16.7 Å². The quantitative estimate of drug-likeness (QED) is 0.889. The standard InChI is InChI=1S/C16H18N2O3/c1-16(2,3)21-15(20)18-13-6-4-5-11(9-13)12-7-8-17-14(19)10-12/h4-10H,1-3H3,(H,17,19)(H,18,20). The summed E-state index contributed by atoms with van der Waals surface area (Å²) in [6, 6.07) is 10.5. The van der Waals surface area contributed by atoms with Gasteiger partial charge in [0.15, 0.2) is 0 Å². The molecular weight excluding hydrogens is 268 g/mol. The summed E-state index contributed by atoms with van der Waals surface area (Å²) in [4.78, 5) is 25.6. The number of H-pyrrole nitrogens is 1. The molecule has 2 N–H and O–H groups in total. The summed E-state index contributed by atoms with van der Waals surface area (Å²) in [6.45, 7) is 5.41. The van der Waals surface area contributed by atoms with Crippen LogP contribution in [0.15, 0.2) is 47.4 Å². The van der Waals surface area contributed by atoms with E-state index >= 15 is 0 Å². The summed E-state index contributed by atoms with van der Waals surface area (Å²) >= 11 is 0. The Bertz CT molecular complexity index is 699. The molecule has 2 aromatic rings. The number of ether oxygens (including phenoxy) is 1. The SMILES string of the molecule is CC(C)(C)OC(=O)Nc1cccc(-c2cc[nH]c(=O)c2)c1. The van der Waals surface area contributed by atoms with E-state index in [1.165, 1.54) is 6.07 Å². The molecule has 5 heteroatoms. The lowest BCUT2D eigenvalue weighted by molar-refractivity contribution is 0.0636. The van der Waals surface area contributed by atoms with Crippen LogP contribution in [0.25, 0.3) is 11.1 Å². The van der Waals surface area contributed by atoms with Gasteiger partial charge in [0.1, 0.15) is 5.60 Å². The molecule has 1 aromatic heterocycles. The van der Waals surface area contributed by atoms with Gasteiger partial charge in [0.05, 0.1) is 0 Å². The van der Waals surface area contributed by atoms with Crippen LogP contribution >= 0.6 is 0 Å². The van der Waals surface area contributed by atoms with E-state index in [0.717, 1.165) is 11.1 Å². The predicted octanol–water partition coefficient (Wildman–Crippen LogP) is 3.39. The molecule has 2 rings (SSSR count). The van der Waals surface area contributed by atoms with Crippen LogP contribution in [0.2, 0.25) is 0 Å². The van der Waals surface area contributed by atoms with Gasteiger partial charge in [0, 0.05) is 18.0 Å². The molecule has 1 heterocycles. The second-order valence-corrected chi connectivity index (χ2v) is 5.65. The first-order valence-electron chi connectivity index (χ1n) is 6.63. The van der Waals surface area contributed by atoms with Gasteiger partial charge in [-0.15, -0.1) is 0 Å². The minimum absolute atomic E-state index is 0.169. The molecule has 1 aromatic carbocycles. The molecule has 5 nitrogen and oxygen atoms in total. The fourth-order valence-electron chi connectivity index (χ4n) is 1.82. The van der Waals surface area contributed by atoms with Gasteiger partial charge in [-0.25, -0.2) is 4.79 Å². The van der Waals surface area contributed by atoms with E-state index in [1.807, 2.05) is 12.1 Å². The molecule has 1 amide bonds. The number of hydrogen-bond acceptors (Lipinski definition) is 3. The zero-order valence-electron chi connectivity index (χ0n) is 12.3. The number of carbonyl (C=O) groups is 1. The summed E-state index contributed by atoms with van der Waals surface area (Å²) in [5, 5.41) is 2.68. The van der Waals surface area contributed by atoms with Crippen molar-refractivity contribution < 1.29 is 9.53 Å². The normalized spacial score (nSPS) is 11.0. The number of aromatic amines is 1. The van der Waals surface area contributed by atoms with E-state index in [2.05, 4.69) is 10.3 Å². The van der Waals surface area contributed by atoms with E-state index in [4.69, 9.17) is 4.74 Å². The number of nitrogens with one attached hydrogen (secondary N) is 2. The molecule has 21 heavy (non-hydrogen) atoms. The van der Waals surface area contributed by atoms with Crippen molar-refractivity contribution in [1.82, 2.24) is 4.98 Å². The Morgan fingerprint density at radius 1 is 1.14 bits per heavy atom. The van der Waals surface area contributed by atoms with E-state index < -0.39 is 11.7 Å². The van der Waals surface area contributed by atoms with Crippen LogP contribution in [0.5, 0.6) is 0 Å². The zero-order chi connectivity index (χ0) is 15.5. The molecule has 0 aliphatic carbocycles. The maximum absolute atomic E-state index is 11.7. The Morgan fingerprint density at radius 2 is 1.86 bits per heavy atom. The Kier molecular flexibility index (Phi) is 4.12. The van der Waals surface area contributed by atoms with E-state index in [-0.39, 0.29) is 5.56 Å². The van der Waals surface area contributed by atoms with Crippen molar-refractivity contribution in [2.24, 2.45) is 0 Å². The van der Waals surface area contributed by atoms with E-state index in [9.17, 15) is 9.59 Å². The monoisotopic (exact) mass is 286 g/mol. The lowest BCUT2D eigenvalue weighted by Crippen LogP contribution is -2.27. The van der Waals surface area contributed by atoms with Crippen molar-refractivity contribution in [1.29, 1.82) is 0 Å². The fourth-order valence-corrected chi connectivity index (χ4v) is 1.82. The molecule has 0 radical (unpaired) electrons. The number of rotatable bonds is 2. The first-order chi connectivity index (χ1) is 9.83. The molecule has 0 unspecified atom stereocenters. The molecule has 0 atom stereocenters. The lowest BCUT2D eigenvalue weighted by Gasteiger charge is -2.19. The van der Waals surface area contributed by atoms with Crippen molar-refractivity contribution in [2.75, 3.05) is 5.32 Å². The highest BCUT2D eigenvalue weighted by Crippen LogP contribution is 2.21. The fraction of sp³-hybridized carbons (Fsp3) is 0.250. The summed E-state index contributed by atoms with van der Waals surface area (Å²) in [6.07, 6.45) is 1.08. The Morgan fingerprint density at radius 3 is 2.52 bits per heavy atom. The Hall–Kier alpha value is -2.56. The largest absolute Gasteiger partial charge is 0.444 e. The minimum Gasteiger partial charge on any atom is -0.444 e. The summed E-state index contributed by atoms with van der Waals surface area (Å²) in [5.41, 5.74) is 1.52. The number of aromatic nitrogens is 1. The molecule has 110 valence electrons. The Labute approximate surface area is 123 Å². The molecular formula is C16H18N2O3. The van der Waals surface area contributed by atoms with E-state index in [1.54, 1.807) is 45.2 Å². The van der Waals surface area contributed by atoms with Crippen molar-refractivity contribution in [3.63, 3.8) is 0 Å². The number of pyridine rings is 1. The average molecular weight is 286 g/mol. The van der Waals surface area contributed by atoms with Crippen LogP contribution in [-0.2, 0) is 4.74 Å². The van der Waals surface area contributed by atoms with Crippen LogP contribution in [0, 0.1) is 0 Å². The third-order valence-corrected chi connectivity index (χ3v) is 2.62. The van der Waals surface area contributed by atoms with Gasteiger partial charge in [0.25, 0.3) is 0 Å².